The molecule has 3 rings (SSSR count). The van der Waals surface area contributed by atoms with E-state index in [4.69, 9.17) is 0 Å². The second-order valence-electron chi connectivity index (χ2n) is 5.18. The summed E-state index contributed by atoms with van der Waals surface area (Å²) < 4.78 is 0. The molecule has 2 aromatic carbocycles. The first-order chi connectivity index (χ1) is 10.2. The third kappa shape index (κ3) is 2.32. The van der Waals surface area contributed by atoms with Gasteiger partial charge in [0, 0.05) is 23.1 Å². The number of hydrogen-bond donors (Lipinski definition) is 1. The number of amides is 2. The highest BCUT2D eigenvalue weighted by Crippen LogP contribution is 2.29. The van der Waals surface area contributed by atoms with E-state index < -0.39 is 0 Å². The highest BCUT2D eigenvalue weighted by Gasteiger charge is 2.31. The van der Waals surface area contributed by atoms with Crippen molar-refractivity contribution in [2.75, 3.05) is 19.6 Å². The van der Waals surface area contributed by atoms with Crippen LogP contribution in [-0.4, -0.2) is 36.3 Å². The summed E-state index contributed by atoms with van der Waals surface area (Å²) in [6.45, 7) is 4.19. The number of nitrogens with one attached hydrogen (secondary N) is 1. The molecule has 4 nitrogen and oxygen atoms in total. The molecule has 1 heterocycles. The Morgan fingerprint density at radius 1 is 1.00 bits per heavy atom. The number of benzene rings is 2. The lowest BCUT2D eigenvalue weighted by atomic mass is 9.94. The zero-order valence-corrected chi connectivity index (χ0v) is 12.1. The van der Waals surface area contributed by atoms with Crippen LogP contribution in [0.3, 0.4) is 0 Å². The molecule has 0 atom stereocenters. The number of carbonyl (C=O) groups excluding carboxylic acids is 2. The molecule has 4 heteroatoms. The summed E-state index contributed by atoms with van der Waals surface area (Å²) in [5.74, 6) is -0.360. The van der Waals surface area contributed by atoms with Crippen LogP contribution >= 0.6 is 0 Å². The van der Waals surface area contributed by atoms with E-state index in [0.29, 0.717) is 17.7 Å². The van der Waals surface area contributed by atoms with Crippen LogP contribution in [0, 0.1) is 0 Å². The first-order valence-corrected chi connectivity index (χ1v) is 7.32. The molecular weight excluding hydrogens is 264 g/mol. The van der Waals surface area contributed by atoms with Crippen LogP contribution in [0.25, 0.3) is 10.8 Å². The van der Waals surface area contributed by atoms with Gasteiger partial charge in [-0.2, -0.15) is 0 Å². The van der Waals surface area contributed by atoms with Gasteiger partial charge in [-0.15, -0.1) is 0 Å². The van der Waals surface area contributed by atoms with Gasteiger partial charge in [-0.3, -0.25) is 14.5 Å². The van der Waals surface area contributed by atoms with Gasteiger partial charge in [0.05, 0.1) is 0 Å². The smallest absolute Gasteiger partial charge is 0.261 e. The molecule has 108 valence electrons. The zero-order valence-electron chi connectivity index (χ0n) is 12.1. The molecule has 0 bridgehead atoms. The van der Waals surface area contributed by atoms with Crippen molar-refractivity contribution in [1.82, 2.24) is 10.2 Å². The number of nitrogens with zero attached hydrogens (tertiary/aromatic N) is 1. The average Bonchev–Trinajstić information content (AvgIpc) is 2.51. The summed E-state index contributed by atoms with van der Waals surface area (Å²) in [6.07, 6.45) is 0.767. The Balaban J connectivity index is 1.95. The monoisotopic (exact) mass is 282 g/mol. The first kappa shape index (κ1) is 13.8. The van der Waals surface area contributed by atoms with Crippen molar-refractivity contribution in [2.45, 2.75) is 13.3 Å². The zero-order chi connectivity index (χ0) is 14.8. The Kier molecular flexibility index (Phi) is 3.71. The number of imide groups is 1. The van der Waals surface area contributed by atoms with E-state index >= 15 is 0 Å². The number of carbonyl (C=O) groups is 2. The summed E-state index contributed by atoms with van der Waals surface area (Å²) in [5.41, 5.74) is 1.26. The molecule has 0 aliphatic carbocycles. The highest BCUT2D eigenvalue weighted by atomic mass is 16.2. The van der Waals surface area contributed by atoms with Gasteiger partial charge in [-0.25, -0.2) is 0 Å². The van der Waals surface area contributed by atoms with Crippen molar-refractivity contribution in [3.8, 4) is 0 Å². The molecule has 0 saturated carbocycles. The number of rotatable bonds is 5. The lowest BCUT2D eigenvalue weighted by Crippen LogP contribution is -2.41. The fraction of sp³-hybridized carbons (Fsp3) is 0.294. The topological polar surface area (TPSA) is 49.4 Å². The first-order valence-electron chi connectivity index (χ1n) is 7.32. The van der Waals surface area contributed by atoms with Crippen LogP contribution in [0.1, 0.15) is 34.1 Å². The molecular formula is C17H18N2O2. The minimum Gasteiger partial charge on any atom is -0.317 e. The standard InChI is InChI=1S/C17H18N2O2/c1-2-18-10-5-11-19-16(20)13-8-3-6-12-7-4-9-14(15(12)13)17(19)21/h3-4,6-9,18H,2,5,10-11H2,1H3. The molecule has 1 aliphatic heterocycles. The van der Waals surface area contributed by atoms with Gasteiger partial charge in [-0.05, 0) is 37.0 Å². The molecule has 2 aromatic rings. The molecule has 2 amide bonds. The Labute approximate surface area is 123 Å². The van der Waals surface area contributed by atoms with Crippen molar-refractivity contribution in [3.63, 3.8) is 0 Å². The molecule has 1 N–H and O–H groups in total. The molecule has 0 spiro atoms. The molecule has 0 saturated heterocycles. The fourth-order valence-electron chi connectivity index (χ4n) is 2.82. The third-order valence-electron chi connectivity index (χ3n) is 3.84. The highest BCUT2D eigenvalue weighted by molar-refractivity contribution is 6.25. The average molecular weight is 282 g/mol. The van der Waals surface area contributed by atoms with Gasteiger partial charge in [0.25, 0.3) is 11.8 Å². The van der Waals surface area contributed by atoms with Gasteiger partial charge in [-0.1, -0.05) is 31.2 Å². The van der Waals surface area contributed by atoms with Crippen LogP contribution < -0.4 is 5.32 Å². The van der Waals surface area contributed by atoms with Gasteiger partial charge in [0.1, 0.15) is 0 Å². The van der Waals surface area contributed by atoms with E-state index in [1.165, 1.54) is 4.90 Å². The van der Waals surface area contributed by atoms with E-state index in [1.54, 1.807) is 12.1 Å². The summed E-state index contributed by atoms with van der Waals surface area (Å²) in [7, 11) is 0. The lowest BCUT2D eigenvalue weighted by Gasteiger charge is -2.27. The summed E-state index contributed by atoms with van der Waals surface area (Å²) in [4.78, 5) is 26.5. The Hall–Kier alpha value is -2.20. The van der Waals surface area contributed by atoms with Crippen LogP contribution in [0.5, 0.6) is 0 Å². The summed E-state index contributed by atoms with van der Waals surface area (Å²) in [6, 6.07) is 11.2. The quantitative estimate of drug-likeness (QED) is 0.677. The van der Waals surface area contributed by atoms with Crippen molar-refractivity contribution in [3.05, 3.63) is 47.5 Å². The number of hydrogen-bond acceptors (Lipinski definition) is 3. The van der Waals surface area contributed by atoms with E-state index in [2.05, 4.69) is 5.32 Å². The second kappa shape index (κ2) is 5.66. The van der Waals surface area contributed by atoms with Crippen LogP contribution in [0.15, 0.2) is 36.4 Å². The predicted molar refractivity (Wildman–Crippen MR) is 82.5 cm³/mol. The van der Waals surface area contributed by atoms with E-state index in [0.717, 1.165) is 30.3 Å². The minimum absolute atomic E-state index is 0.180. The van der Waals surface area contributed by atoms with Crippen molar-refractivity contribution in [2.24, 2.45) is 0 Å². The van der Waals surface area contributed by atoms with Gasteiger partial charge in [0.2, 0.25) is 0 Å². The van der Waals surface area contributed by atoms with Gasteiger partial charge >= 0.3 is 0 Å². The van der Waals surface area contributed by atoms with Crippen molar-refractivity contribution < 1.29 is 9.59 Å². The molecule has 1 aliphatic rings. The largest absolute Gasteiger partial charge is 0.317 e. The SMILES string of the molecule is CCNCCCN1C(=O)c2cccc3cccc(c23)C1=O. The van der Waals surface area contributed by atoms with Crippen LogP contribution in [0.2, 0.25) is 0 Å². The van der Waals surface area contributed by atoms with E-state index in [9.17, 15) is 9.59 Å². The van der Waals surface area contributed by atoms with Crippen LogP contribution in [-0.2, 0) is 0 Å². The van der Waals surface area contributed by atoms with Gasteiger partial charge < -0.3 is 5.32 Å². The maximum absolute atomic E-state index is 12.6. The molecule has 0 fully saturated rings. The molecule has 0 radical (unpaired) electrons. The van der Waals surface area contributed by atoms with Crippen molar-refractivity contribution >= 4 is 22.6 Å². The van der Waals surface area contributed by atoms with Crippen molar-refractivity contribution in [1.29, 1.82) is 0 Å². The third-order valence-corrected chi connectivity index (χ3v) is 3.84. The van der Waals surface area contributed by atoms with Gasteiger partial charge in [0.15, 0.2) is 0 Å². The second-order valence-corrected chi connectivity index (χ2v) is 5.18. The van der Waals surface area contributed by atoms with Crippen LogP contribution in [0.4, 0.5) is 0 Å². The predicted octanol–water partition coefficient (Wildman–Crippen LogP) is 2.44. The van der Waals surface area contributed by atoms with E-state index in [1.807, 2.05) is 31.2 Å². The fourth-order valence-corrected chi connectivity index (χ4v) is 2.82. The minimum atomic E-state index is -0.180. The summed E-state index contributed by atoms with van der Waals surface area (Å²) >= 11 is 0. The Bertz CT molecular complexity index is 658. The lowest BCUT2D eigenvalue weighted by molar-refractivity contribution is 0.0609. The summed E-state index contributed by atoms with van der Waals surface area (Å²) in [5, 5.41) is 4.94. The van der Waals surface area contributed by atoms with E-state index in [-0.39, 0.29) is 11.8 Å². The molecule has 0 unspecified atom stereocenters. The Morgan fingerprint density at radius 3 is 2.19 bits per heavy atom. The maximum Gasteiger partial charge on any atom is 0.261 e. The normalized spacial score (nSPS) is 14.0. The molecule has 21 heavy (non-hydrogen) atoms. The Morgan fingerprint density at radius 2 is 1.62 bits per heavy atom. The maximum atomic E-state index is 12.6. The molecule has 0 aromatic heterocycles.